The Hall–Kier alpha value is -0.390. The number of hydrogen-bond donors (Lipinski definition) is 1. The van der Waals surface area contributed by atoms with Crippen molar-refractivity contribution in [1.82, 2.24) is 5.43 Å². The van der Waals surface area contributed by atoms with Gasteiger partial charge in [0, 0.05) is 15.8 Å². The summed E-state index contributed by atoms with van der Waals surface area (Å²) in [6.07, 6.45) is 3.47. The van der Waals surface area contributed by atoms with Crippen molar-refractivity contribution in [1.29, 1.82) is 0 Å². The van der Waals surface area contributed by atoms with Crippen molar-refractivity contribution >= 4 is 67.8 Å². The first kappa shape index (κ1) is 25.2. The average Bonchev–Trinajstić information content (AvgIpc) is 3.25. The molecule has 10 heteroatoms. The Labute approximate surface area is 222 Å². The van der Waals surface area contributed by atoms with Crippen molar-refractivity contribution in [3.05, 3.63) is 49.0 Å². The molecule has 2 aliphatic heterocycles. The summed E-state index contributed by atoms with van der Waals surface area (Å²) >= 11 is 17.8. The maximum atomic E-state index is 13.3. The molecule has 0 aliphatic carbocycles. The van der Waals surface area contributed by atoms with Crippen LogP contribution >= 0.6 is 50.5 Å². The number of hydrogen-bond acceptors (Lipinski definition) is 4. The van der Waals surface area contributed by atoms with Crippen LogP contribution in [0.3, 0.4) is 0 Å². The van der Waals surface area contributed by atoms with Gasteiger partial charge in [-0.05, 0) is 65.5 Å². The van der Waals surface area contributed by atoms with Crippen molar-refractivity contribution in [3.63, 3.8) is 0 Å². The quantitative estimate of drug-likeness (QED) is 0.406. The van der Waals surface area contributed by atoms with E-state index in [1.54, 1.807) is 23.5 Å². The number of hydrazone groups is 1. The first-order valence-electron chi connectivity index (χ1n) is 10.0. The van der Waals surface area contributed by atoms with Crippen LogP contribution < -0.4 is 34.4 Å². The normalized spacial score (nSPS) is 22.6. The molecule has 0 unspecified atom stereocenters. The monoisotopic (exact) mass is 656 g/mol. The Balaban J connectivity index is 0.00000272. The van der Waals surface area contributed by atoms with Gasteiger partial charge in [-0.25, -0.2) is 4.59 Å². The van der Waals surface area contributed by atoms with Crippen LogP contribution in [0.2, 0.25) is 10.0 Å². The fourth-order valence-corrected chi connectivity index (χ4v) is 6.34. The van der Waals surface area contributed by atoms with Gasteiger partial charge in [0.05, 0.1) is 27.6 Å². The zero-order chi connectivity index (χ0) is 21.5. The van der Waals surface area contributed by atoms with Crippen LogP contribution in [-0.4, -0.2) is 36.3 Å². The maximum Gasteiger partial charge on any atom is 0.312 e. The highest BCUT2D eigenvalue weighted by molar-refractivity contribution is 9.11. The molecule has 1 N–H and O–H groups in total. The van der Waals surface area contributed by atoms with Crippen LogP contribution in [0.4, 0.5) is 5.69 Å². The van der Waals surface area contributed by atoms with Crippen LogP contribution in [0, 0.1) is 5.92 Å². The molecular formula is C21H24BrCl2IN4OS. The van der Waals surface area contributed by atoms with Gasteiger partial charge in [-0.1, -0.05) is 30.1 Å². The number of likely N-dealkylation sites (tertiary alicyclic amines) is 1. The zero-order valence-electron chi connectivity index (χ0n) is 17.2. The molecule has 2 aromatic rings. The smallest absolute Gasteiger partial charge is 0.312 e. The number of nitrogens with one attached hydrogen (secondary N) is 1. The maximum absolute atomic E-state index is 13.3. The number of halogens is 4. The fourth-order valence-electron chi connectivity index (χ4n) is 4.23. The Morgan fingerprint density at radius 2 is 1.94 bits per heavy atom. The van der Waals surface area contributed by atoms with E-state index in [2.05, 4.69) is 41.4 Å². The molecule has 0 radical (unpaired) electrons. The lowest BCUT2D eigenvalue weighted by atomic mass is 9.95. The van der Waals surface area contributed by atoms with E-state index >= 15 is 0 Å². The Bertz CT molecular complexity index is 996. The van der Waals surface area contributed by atoms with Crippen LogP contribution in [0.1, 0.15) is 37.1 Å². The first-order valence-corrected chi connectivity index (χ1v) is 12.4. The summed E-state index contributed by atoms with van der Waals surface area (Å²) in [5.41, 5.74) is 4.49. The number of anilines is 1. The lowest BCUT2D eigenvalue weighted by molar-refractivity contribution is -0.947. The van der Waals surface area contributed by atoms with Gasteiger partial charge in [0.25, 0.3) is 0 Å². The second kappa shape index (κ2) is 10.3. The Kier molecular flexibility index (Phi) is 8.35. The summed E-state index contributed by atoms with van der Waals surface area (Å²) < 4.78 is 1.60. The van der Waals surface area contributed by atoms with Crippen molar-refractivity contribution in [2.45, 2.75) is 32.2 Å². The third-order valence-corrected chi connectivity index (χ3v) is 8.07. The number of thiophene rings is 1. The van der Waals surface area contributed by atoms with E-state index in [1.165, 1.54) is 6.42 Å². The van der Waals surface area contributed by atoms with Gasteiger partial charge in [-0.3, -0.25) is 9.80 Å². The van der Waals surface area contributed by atoms with E-state index in [0.29, 0.717) is 20.3 Å². The van der Waals surface area contributed by atoms with E-state index in [-0.39, 0.29) is 41.8 Å². The van der Waals surface area contributed by atoms with Gasteiger partial charge in [0.2, 0.25) is 0 Å². The van der Waals surface area contributed by atoms with Crippen LogP contribution in [0.15, 0.2) is 39.2 Å². The molecule has 5 nitrogen and oxygen atoms in total. The number of carbonyl (C=O) groups excluding carboxylic acids is 1. The fraction of sp³-hybridized carbons (Fsp3) is 0.429. The Morgan fingerprint density at radius 3 is 2.55 bits per heavy atom. The summed E-state index contributed by atoms with van der Waals surface area (Å²) in [4.78, 5) is 14.4. The highest BCUT2D eigenvalue weighted by Crippen LogP contribution is 2.44. The van der Waals surface area contributed by atoms with Gasteiger partial charge in [0.15, 0.2) is 0 Å². The molecule has 3 heterocycles. The van der Waals surface area contributed by atoms with Crippen LogP contribution in [0.5, 0.6) is 0 Å². The molecule has 31 heavy (non-hydrogen) atoms. The second-order valence-corrected chi connectivity index (χ2v) is 11.5. The van der Waals surface area contributed by atoms with E-state index in [4.69, 9.17) is 28.3 Å². The van der Waals surface area contributed by atoms with E-state index in [9.17, 15) is 4.79 Å². The molecule has 0 spiro atoms. The topological polar surface area (TPSA) is 44.7 Å². The van der Waals surface area contributed by atoms with Crippen molar-refractivity contribution in [2.24, 2.45) is 11.0 Å². The zero-order valence-corrected chi connectivity index (χ0v) is 23.3. The van der Waals surface area contributed by atoms with E-state index < -0.39 is 0 Å². The summed E-state index contributed by atoms with van der Waals surface area (Å²) in [6, 6.07) is 9.33. The third kappa shape index (κ3) is 5.41. The third-order valence-electron chi connectivity index (χ3n) is 5.83. The predicted molar refractivity (Wildman–Crippen MR) is 128 cm³/mol. The number of amides is 1. The van der Waals surface area contributed by atoms with Gasteiger partial charge in [-0.2, -0.15) is 10.5 Å². The number of quaternary nitrogens is 1. The SMILES string of the molecule is C[C@@H]1C(C(=O)N[N+]2(C)CCCCC2)=NN(c2ccc(Cl)cc2Cl)[C@H]1c1ccc(Br)s1.[I-]. The highest BCUT2D eigenvalue weighted by atomic mass is 127. The van der Waals surface area contributed by atoms with Crippen LogP contribution in [-0.2, 0) is 4.79 Å². The minimum absolute atomic E-state index is 0. The van der Waals surface area contributed by atoms with E-state index in [0.717, 1.165) is 40.3 Å². The molecular weight excluding hydrogens is 634 g/mol. The average molecular weight is 658 g/mol. The van der Waals surface area contributed by atoms with Crippen molar-refractivity contribution in [2.75, 3.05) is 25.1 Å². The van der Waals surface area contributed by atoms with Crippen LogP contribution in [0.25, 0.3) is 0 Å². The summed E-state index contributed by atoms with van der Waals surface area (Å²) in [5, 5.41) is 7.73. The molecule has 2 atom stereocenters. The van der Waals surface area contributed by atoms with Crippen molar-refractivity contribution < 1.29 is 33.4 Å². The standard InChI is InChI=1S/C21H23BrCl2N4OS.HI/c1-13-19(21(29)26-28(2)10-4-3-5-11-28)25-27(16-7-6-14(23)12-15(16)24)20(13)17-8-9-18(22)30-17;/h6-9,12-13,20H,3-5,10-11H2,1-2H3;1H/t13-,20-;/m1./s1. The molecule has 0 bridgehead atoms. The number of nitrogens with zero attached hydrogens (tertiary/aromatic N) is 3. The highest BCUT2D eigenvalue weighted by Gasteiger charge is 2.42. The molecule has 1 aromatic carbocycles. The molecule has 1 aromatic heterocycles. The lowest BCUT2D eigenvalue weighted by Gasteiger charge is -2.36. The van der Waals surface area contributed by atoms with Gasteiger partial charge < -0.3 is 24.0 Å². The largest absolute Gasteiger partial charge is 1.00 e. The van der Waals surface area contributed by atoms with Crippen molar-refractivity contribution in [3.8, 4) is 0 Å². The lowest BCUT2D eigenvalue weighted by Crippen LogP contribution is -3.00. The number of rotatable bonds is 4. The molecule has 0 saturated carbocycles. The summed E-state index contributed by atoms with van der Waals surface area (Å²) in [6.45, 7) is 3.94. The predicted octanol–water partition coefficient (Wildman–Crippen LogP) is 3.04. The van der Waals surface area contributed by atoms with Gasteiger partial charge in [0.1, 0.15) is 18.8 Å². The second-order valence-electron chi connectivity index (χ2n) is 8.15. The summed E-state index contributed by atoms with van der Waals surface area (Å²) in [5.74, 6) is -0.209. The van der Waals surface area contributed by atoms with Gasteiger partial charge in [-0.15, -0.1) is 11.3 Å². The number of piperidine rings is 1. The molecule has 1 fully saturated rings. The molecule has 1 saturated heterocycles. The minimum atomic E-state index is -0.118. The molecule has 168 valence electrons. The number of benzene rings is 1. The minimum Gasteiger partial charge on any atom is -1.00 e. The van der Waals surface area contributed by atoms with E-state index in [1.807, 2.05) is 17.1 Å². The first-order chi connectivity index (χ1) is 14.3. The Morgan fingerprint density at radius 1 is 1.23 bits per heavy atom. The molecule has 2 aliphatic rings. The molecule has 4 rings (SSSR count). The van der Waals surface area contributed by atoms with Gasteiger partial charge >= 0.3 is 5.91 Å². The summed E-state index contributed by atoms with van der Waals surface area (Å²) in [7, 11) is 2.08. The number of carbonyl (C=O) groups is 1. The molecule has 1 amide bonds.